The fourth-order valence-corrected chi connectivity index (χ4v) is 1.23. The average molecular weight is 243 g/mol. The fraction of sp³-hybridized carbons (Fsp3) is 0.222. The molecule has 0 saturated heterocycles. The Labute approximate surface area is 84.5 Å². The van der Waals surface area contributed by atoms with Gasteiger partial charge in [0.25, 0.3) is 0 Å². The van der Waals surface area contributed by atoms with Gasteiger partial charge >= 0.3 is 0 Å². The molecule has 68 valence electrons. The van der Waals surface area contributed by atoms with Crippen LogP contribution in [0.25, 0.3) is 0 Å². The van der Waals surface area contributed by atoms with Crippen molar-refractivity contribution in [1.82, 2.24) is 0 Å². The van der Waals surface area contributed by atoms with Gasteiger partial charge in [-0.2, -0.15) is 5.26 Å². The van der Waals surface area contributed by atoms with Crippen molar-refractivity contribution >= 4 is 21.6 Å². The van der Waals surface area contributed by atoms with Gasteiger partial charge < -0.3 is 5.32 Å². The van der Waals surface area contributed by atoms with E-state index >= 15 is 0 Å². The third-order valence-electron chi connectivity index (χ3n) is 1.49. The van der Waals surface area contributed by atoms with Gasteiger partial charge in [-0.1, -0.05) is 0 Å². The van der Waals surface area contributed by atoms with Gasteiger partial charge in [0.1, 0.15) is 11.9 Å². The monoisotopic (exact) mass is 242 g/mol. The Bertz CT molecular complexity index is 346. The summed E-state index contributed by atoms with van der Waals surface area (Å²) in [4.78, 5) is 0. The molecule has 0 radical (unpaired) electrons. The molecule has 1 rings (SSSR count). The summed E-state index contributed by atoms with van der Waals surface area (Å²) in [6.07, 6.45) is 0. The predicted molar refractivity (Wildman–Crippen MR) is 52.8 cm³/mol. The smallest absolute Gasteiger partial charge is 0.125 e. The van der Waals surface area contributed by atoms with Crippen molar-refractivity contribution in [3.8, 4) is 6.07 Å². The number of benzene rings is 1. The zero-order valence-corrected chi connectivity index (χ0v) is 8.60. The maximum absolute atomic E-state index is 12.8. The number of anilines is 1. The van der Waals surface area contributed by atoms with Crippen LogP contribution in [0, 0.1) is 17.1 Å². The van der Waals surface area contributed by atoms with Crippen molar-refractivity contribution in [2.24, 2.45) is 0 Å². The Kier molecular flexibility index (Phi) is 3.26. The lowest BCUT2D eigenvalue weighted by Crippen LogP contribution is -2.12. The van der Waals surface area contributed by atoms with Gasteiger partial charge in [-0.05, 0) is 41.1 Å². The second-order valence-corrected chi connectivity index (χ2v) is 3.47. The van der Waals surface area contributed by atoms with Gasteiger partial charge in [-0.25, -0.2) is 4.39 Å². The van der Waals surface area contributed by atoms with Crippen LogP contribution in [-0.4, -0.2) is 6.04 Å². The molecule has 1 aromatic carbocycles. The topological polar surface area (TPSA) is 35.8 Å². The Morgan fingerprint density at radius 2 is 2.31 bits per heavy atom. The minimum absolute atomic E-state index is 0.323. The van der Waals surface area contributed by atoms with Crippen LogP contribution in [0.4, 0.5) is 10.1 Å². The molecule has 0 saturated carbocycles. The van der Waals surface area contributed by atoms with Crippen molar-refractivity contribution in [3.05, 3.63) is 28.5 Å². The number of rotatable bonds is 2. The molecule has 1 N–H and O–H groups in total. The SMILES string of the molecule is CC(C#N)Nc1cc(F)ccc1Br. The molecule has 2 nitrogen and oxygen atoms in total. The average Bonchev–Trinajstić information content (AvgIpc) is 2.11. The Morgan fingerprint density at radius 1 is 1.62 bits per heavy atom. The van der Waals surface area contributed by atoms with E-state index in [1.165, 1.54) is 12.1 Å². The molecule has 1 atom stereocenters. The first-order chi connectivity index (χ1) is 6.13. The summed E-state index contributed by atoms with van der Waals surface area (Å²) >= 11 is 3.25. The fourth-order valence-electron chi connectivity index (χ4n) is 0.874. The highest BCUT2D eigenvalue weighted by Gasteiger charge is 2.04. The second kappa shape index (κ2) is 4.24. The van der Waals surface area contributed by atoms with E-state index in [1.807, 2.05) is 6.07 Å². The summed E-state index contributed by atoms with van der Waals surface area (Å²) in [5.41, 5.74) is 0.592. The quantitative estimate of drug-likeness (QED) is 0.866. The Morgan fingerprint density at radius 3 is 2.92 bits per heavy atom. The van der Waals surface area contributed by atoms with Crippen LogP contribution >= 0.6 is 15.9 Å². The van der Waals surface area contributed by atoms with Gasteiger partial charge in [0.05, 0.1) is 11.8 Å². The summed E-state index contributed by atoms with van der Waals surface area (Å²) in [5, 5.41) is 11.4. The summed E-state index contributed by atoms with van der Waals surface area (Å²) in [5.74, 6) is -0.323. The lowest BCUT2D eigenvalue weighted by atomic mass is 10.3. The van der Waals surface area contributed by atoms with Crippen molar-refractivity contribution < 1.29 is 4.39 Å². The van der Waals surface area contributed by atoms with E-state index in [-0.39, 0.29) is 11.9 Å². The van der Waals surface area contributed by atoms with Crippen LogP contribution in [0.5, 0.6) is 0 Å². The zero-order chi connectivity index (χ0) is 9.84. The standard InChI is InChI=1S/C9H8BrFN2/c1-6(5-12)13-9-4-7(11)2-3-8(9)10/h2-4,6,13H,1H3. The third-order valence-corrected chi connectivity index (χ3v) is 2.19. The Hall–Kier alpha value is -1.08. The summed E-state index contributed by atoms with van der Waals surface area (Å²) in [6, 6.07) is 5.97. The first kappa shape index (κ1) is 10.0. The molecule has 0 aliphatic rings. The van der Waals surface area contributed by atoms with Gasteiger partial charge in [-0.15, -0.1) is 0 Å². The van der Waals surface area contributed by atoms with E-state index in [4.69, 9.17) is 5.26 Å². The number of nitrogens with one attached hydrogen (secondary N) is 1. The molecule has 0 aromatic heterocycles. The van der Waals surface area contributed by atoms with Crippen LogP contribution < -0.4 is 5.32 Å². The molecule has 0 bridgehead atoms. The first-order valence-corrected chi connectivity index (χ1v) is 4.54. The van der Waals surface area contributed by atoms with Gasteiger partial charge in [0.15, 0.2) is 0 Å². The van der Waals surface area contributed by atoms with Crippen LogP contribution in [0.2, 0.25) is 0 Å². The molecule has 0 spiro atoms. The molecule has 0 aliphatic heterocycles. The molecule has 1 aromatic rings. The van der Waals surface area contributed by atoms with Gasteiger partial charge in [0, 0.05) is 4.47 Å². The molecular weight excluding hydrogens is 235 g/mol. The minimum Gasteiger partial charge on any atom is -0.369 e. The van der Waals surface area contributed by atoms with Crippen LogP contribution in [0.15, 0.2) is 22.7 Å². The molecular formula is C9H8BrFN2. The van der Waals surface area contributed by atoms with Crippen LogP contribution in [-0.2, 0) is 0 Å². The maximum atomic E-state index is 12.8. The van der Waals surface area contributed by atoms with Gasteiger partial charge in [-0.3, -0.25) is 0 Å². The van der Waals surface area contributed by atoms with Crippen molar-refractivity contribution in [1.29, 1.82) is 5.26 Å². The molecule has 0 fully saturated rings. The first-order valence-electron chi connectivity index (χ1n) is 3.74. The largest absolute Gasteiger partial charge is 0.369 e. The lowest BCUT2D eigenvalue weighted by Gasteiger charge is -2.09. The molecule has 4 heteroatoms. The van der Waals surface area contributed by atoms with Crippen molar-refractivity contribution in [3.63, 3.8) is 0 Å². The lowest BCUT2D eigenvalue weighted by molar-refractivity contribution is 0.628. The number of hydrogen-bond acceptors (Lipinski definition) is 2. The van der Waals surface area contributed by atoms with E-state index in [9.17, 15) is 4.39 Å². The van der Waals surface area contributed by atoms with Crippen molar-refractivity contribution in [2.75, 3.05) is 5.32 Å². The zero-order valence-electron chi connectivity index (χ0n) is 7.01. The molecule has 0 aliphatic carbocycles. The highest BCUT2D eigenvalue weighted by atomic mass is 79.9. The molecule has 0 amide bonds. The van der Waals surface area contributed by atoms with E-state index in [2.05, 4.69) is 21.2 Å². The minimum atomic E-state index is -0.335. The number of hydrogen-bond donors (Lipinski definition) is 1. The molecule has 0 heterocycles. The van der Waals surface area contributed by atoms with E-state index in [1.54, 1.807) is 13.0 Å². The normalized spacial score (nSPS) is 11.8. The van der Waals surface area contributed by atoms with Crippen LogP contribution in [0.1, 0.15) is 6.92 Å². The molecule has 13 heavy (non-hydrogen) atoms. The summed E-state index contributed by atoms with van der Waals surface area (Å²) < 4.78 is 13.5. The third kappa shape index (κ3) is 2.71. The van der Waals surface area contributed by atoms with E-state index in [0.717, 1.165) is 4.47 Å². The second-order valence-electron chi connectivity index (χ2n) is 2.62. The number of nitriles is 1. The summed E-state index contributed by atoms with van der Waals surface area (Å²) in [7, 11) is 0. The summed E-state index contributed by atoms with van der Waals surface area (Å²) in [6.45, 7) is 1.71. The van der Waals surface area contributed by atoms with E-state index < -0.39 is 0 Å². The number of halogens is 2. The van der Waals surface area contributed by atoms with Crippen LogP contribution in [0.3, 0.4) is 0 Å². The molecule has 1 unspecified atom stereocenters. The Balaban J connectivity index is 2.88. The van der Waals surface area contributed by atoms with E-state index in [0.29, 0.717) is 5.69 Å². The maximum Gasteiger partial charge on any atom is 0.125 e. The van der Waals surface area contributed by atoms with Gasteiger partial charge in [0.2, 0.25) is 0 Å². The number of nitrogens with zero attached hydrogens (tertiary/aromatic N) is 1. The highest BCUT2D eigenvalue weighted by molar-refractivity contribution is 9.10. The van der Waals surface area contributed by atoms with Crippen molar-refractivity contribution in [2.45, 2.75) is 13.0 Å². The highest BCUT2D eigenvalue weighted by Crippen LogP contribution is 2.23. The predicted octanol–water partition coefficient (Wildman–Crippen LogP) is 2.91.